The molecule has 44 heavy (non-hydrogen) atoms. The molecule has 5 rings (SSSR count). The first kappa shape index (κ1) is 30.8. The van der Waals surface area contributed by atoms with Gasteiger partial charge in [-0.1, -0.05) is 18.7 Å². The Morgan fingerprint density at radius 3 is 2.64 bits per heavy atom. The fourth-order valence-electron chi connectivity index (χ4n) is 5.13. The zero-order valence-corrected chi connectivity index (χ0v) is 26.1. The van der Waals surface area contributed by atoms with Crippen LogP contribution in [0.1, 0.15) is 25.5 Å². The lowest BCUT2D eigenvalue weighted by Gasteiger charge is -2.13. The van der Waals surface area contributed by atoms with Gasteiger partial charge in [-0.2, -0.15) is 5.10 Å². The molecular formula is C34H40FN9. The maximum Gasteiger partial charge on any atom is 0.178 e. The molecule has 9 nitrogen and oxygen atoms in total. The first-order valence-electron chi connectivity index (χ1n) is 14.8. The summed E-state index contributed by atoms with van der Waals surface area (Å²) in [6.07, 6.45) is 11.6. The Labute approximate surface area is 257 Å². The highest BCUT2D eigenvalue weighted by Crippen LogP contribution is 2.33. The number of imidazole rings is 1. The molecule has 0 aliphatic heterocycles. The molecule has 0 fully saturated rings. The first-order valence-corrected chi connectivity index (χ1v) is 14.8. The summed E-state index contributed by atoms with van der Waals surface area (Å²) in [5, 5.41) is 11.9. The summed E-state index contributed by atoms with van der Waals surface area (Å²) in [5.41, 5.74) is 7.95. The van der Waals surface area contributed by atoms with Crippen LogP contribution in [0.15, 0.2) is 73.1 Å². The minimum Gasteiger partial charge on any atom is -0.384 e. The highest BCUT2D eigenvalue weighted by Gasteiger charge is 2.17. The molecule has 0 saturated heterocycles. The number of aromatic nitrogens is 6. The topological polar surface area (TPSA) is 102 Å². The van der Waals surface area contributed by atoms with Crippen LogP contribution in [0.3, 0.4) is 0 Å². The molecule has 0 amide bonds. The van der Waals surface area contributed by atoms with Gasteiger partial charge in [0.1, 0.15) is 11.5 Å². The molecule has 0 aliphatic rings. The number of H-pyrrole nitrogens is 2. The lowest BCUT2D eigenvalue weighted by atomic mass is 10.0. The molecule has 3 N–H and O–H groups in total. The lowest BCUT2D eigenvalue weighted by Crippen LogP contribution is -2.20. The molecule has 1 aromatic carbocycles. The molecular weight excluding hydrogens is 553 g/mol. The maximum absolute atomic E-state index is 14.7. The second-order valence-electron chi connectivity index (χ2n) is 11.4. The number of halogens is 1. The number of nitrogens with zero attached hydrogens (tertiary/aromatic N) is 6. The van der Waals surface area contributed by atoms with Crippen molar-refractivity contribution in [2.24, 2.45) is 0 Å². The highest BCUT2D eigenvalue weighted by atomic mass is 19.1. The van der Waals surface area contributed by atoms with E-state index in [1.54, 1.807) is 12.4 Å². The molecule has 0 saturated carbocycles. The van der Waals surface area contributed by atoms with Crippen molar-refractivity contribution in [1.29, 1.82) is 0 Å². The third kappa shape index (κ3) is 7.10. The fraction of sp³-hybridized carbons (Fsp3) is 0.294. The molecule has 228 valence electrons. The summed E-state index contributed by atoms with van der Waals surface area (Å²) in [7, 11) is 8.18. The van der Waals surface area contributed by atoms with E-state index in [1.807, 2.05) is 45.3 Å². The number of nitrogens with one attached hydrogen (secondary N) is 3. The third-order valence-corrected chi connectivity index (χ3v) is 7.44. The predicted octanol–water partition coefficient (Wildman–Crippen LogP) is 6.53. The van der Waals surface area contributed by atoms with E-state index >= 15 is 0 Å². The van der Waals surface area contributed by atoms with E-state index in [0.717, 1.165) is 64.9 Å². The minimum absolute atomic E-state index is 0.316. The summed E-state index contributed by atoms with van der Waals surface area (Å²) >= 11 is 0. The molecule has 0 unspecified atom stereocenters. The smallest absolute Gasteiger partial charge is 0.178 e. The van der Waals surface area contributed by atoms with E-state index in [0.29, 0.717) is 29.2 Å². The fourth-order valence-corrected chi connectivity index (χ4v) is 5.13. The van der Waals surface area contributed by atoms with Crippen LogP contribution in [0.2, 0.25) is 0 Å². The number of hydrogen-bond donors (Lipinski definition) is 3. The Bertz CT molecular complexity index is 1830. The van der Waals surface area contributed by atoms with Gasteiger partial charge in [-0.3, -0.25) is 10.1 Å². The van der Waals surface area contributed by atoms with Gasteiger partial charge in [0, 0.05) is 35.9 Å². The van der Waals surface area contributed by atoms with E-state index in [-0.39, 0.29) is 5.82 Å². The summed E-state index contributed by atoms with van der Waals surface area (Å²) < 4.78 is 14.7. The van der Waals surface area contributed by atoms with Crippen molar-refractivity contribution in [2.75, 3.05) is 53.1 Å². The quantitative estimate of drug-likeness (QED) is 0.133. The predicted molar refractivity (Wildman–Crippen MR) is 179 cm³/mol. The summed E-state index contributed by atoms with van der Waals surface area (Å²) in [4.78, 5) is 21.7. The number of allylic oxidation sites excluding steroid dienone is 5. The second-order valence-corrected chi connectivity index (χ2v) is 11.4. The molecule has 0 aliphatic carbocycles. The van der Waals surface area contributed by atoms with Crippen LogP contribution in [-0.4, -0.2) is 87.8 Å². The molecule has 0 bridgehead atoms. The van der Waals surface area contributed by atoms with Crippen LogP contribution < -0.4 is 5.32 Å². The van der Waals surface area contributed by atoms with Gasteiger partial charge in [0.05, 0.1) is 22.9 Å². The molecule has 0 atom stereocenters. The van der Waals surface area contributed by atoms with Crippen molar-refractivity contribution >= 4 is 33.3 Å². The van der Waals surface area contributed by atoms with Gasteiger partial charge in [0.15, 0.2) is 11.5 Å². The molecule has 10 heteroatoms. The van der Waals surface area contributed by atoms with E-state index in [9.17, 15) is 4.39 Å². The van der Waals surface area contributed by atoms with Gasteiger partial charge in [0.2, 0.25) is 0 Å². The summed E-state index contributed by atoms with van der Waals surface area (Å²) in [6.45, 7) is 8.59. The number of benzene rings is 1. The Kier molecular flexibility index (Phi) is 9.62. The average Bonchev–Trinajstić information content (AvgIpc) is 3.62. The number of aromatic amines is 2. The van der Waals surface area contributed by atoms with Crippen molar-refractivity contribution < 1.29 is 4.39 Å². The van der Waals surface area contributed by atoms with Crippen LogP contribution in [0.25, 0.3) is 50.3 Å². The van der Waals surface area contributed by atoms with Gasteiger partial charge >= 0.3 is 0 Å². The van der Waals surface area contributed by atoms with Gasteiger partial charge < -0.3 is 20.1 Å². The van der Waals surface area contributed by atoms with Gasteiger partial charge in [-0.25, -0.2) is 14.4 Å². The SMILES string of the molecule is C=C/C(=C\C(=C/C)c1cc2c(-c3nc4nccc(-c5cc(F)cc(NCCN(C)C)c5)c4[nH]3)n[nH]c2cn1)CCCN(C)C. The number of rotatable bonds is 13. The Balaban J connectivity index is 1.49. The minimum atomic E-state index is -0.316. The molecule has 0 spiro atoms. The van der Waals surface area contributed by atoms with Gasteiger partial charge in [-0.05, 0) is 108 Å². The van der Waals surface area contributed by atoms with Gasteiger partial charge in [-0.15, -0.1) is 0 Å². The van der Waals surface area contributed by atoms with Crippen molar-refractivity contribution in [3.63, 3.8) is 0 Å². The Hall–Kier alpha value is -4.67. The lowest BCUT2D eigenvalue weighted by molar-refractivity contribution is 0.400. The number of likely N-dealkylation sites (N-methyl/N-ethyl adjacent to an activating group) is 1. The largest absolute Gasteiger partial charge is 0.384 e. The highest BCUT2D eigenvalue weighted by molar-refractivity contribution is 5.97. The Morgan fingerprint density at radius 1 is 1.07 bits per heavy atom. The average molecular weight is 594 g/mol. The molecule has 5 aromatic rings. The van der Waals surface area contributed by atoms with Crippen LogP contribution in [-0.2, 0) is 0 Å². The maximum atomic E-state index is 14.7. The molecule has 4 aromatic heterocycles. The van der Waals surface area contributed by atoms with Gasteiger partial charge in [0.25, 0.3) is 0 Å². The monoisotopic (exact) mass is 593 g/mol. The van der Waals surface area contributed by atoms with Crippen LogP contribution in [0.4, 0.5) is 10.1 Å². The zero-order valence-electron chi connectivity index (χ0n) is 26.1. The van der Waals surface area contributed by atoms with E-state index in [4.69, 9.17) is 9.97 Å². The number of pyridine rings is 2. The van der Waals surface area contributed by atoms with Crippen molar-refractivity contribution in [3.05, 3.63) is 84.6 Å². The Morgan fingerprint density at radius 2 is 1.89 bits per heavy atom. The first-order chi connectivity index (χ1) is 21.2. The van der Waals surface area contributed by atoms with E-state index in [1.165, 1.54) is 17.7 Å². The number of fused-ring (bicyclic) bond motifs is 2. The van der Waals surface area contributed by atoms with Crippen LogP contribution >= 0.6 is 0 Å². The zero-order chi connectivity index (χ0) is 31.2. The summed E-state index contributed by atoms with van der Waals surface area (Å²) in [6, 6.07) is 8.87. The standard InChI is InChI=1S/C34H40FN9/c1-7-22(10-9-14-43(3)4)16-23(8-2)29-20-28-30(21-38-29)41-42-32(28)34-39-31-27(11-12-37-33(31)40-34)24-17-25(35)19-26(18-24)36-13-15-44(5)6/h7-8,11-12,16-21,36H,1,9-10,13-15H2,2-6H3,(H,41,42)(H,37,39,40)/b22-16+,23-8+. The van der Waals surface area contributed by atoms with Crippen molar-refractivity contribution in [1.82, 2.24) is 39.9 Å². The van der Waals surface area contributed by atoms with E-state index in [2.05, 4.69) is 68.1 Å². The molecule has 0 radical (unpaired) electrons. The van der Waals surface area contributed by atoms with Crippen molar-refractivity contribution in [2.45, 2.75) is 19.8 Å². The number of anilines is 1. The van der Waals surface area contributed by atoms with Crippen LogP contribution in [0, 0.1) is 5.82 Å². The van der Waals surface area contributed by atoms with Crippen molar-refractivity contribution in [3.8, 4) is 22.6 Å². The second kappa shape index (κ2) is 13.7. The third-order valence-electron chi connectivity index (χ3n) is 7.44. The number of hydrogen-bond acceptors (Lipinski definition) is 7. The normalized spacial score (nSPS) is 12.6. The molecule has 4 heterocycles. The summed E-state index contributed by atoms with van der Waals surface area (Å²) in [5.74, 6) is 0.251. The van der Waals surface area contributed by atoms with E-state index < -0.39 is 0 Å². The van der Waals surface area contributed by atoms with Crippen LogP contribution in [0.5, 0.6) is 0 Å².